The molecule has 0 amide bonds. The summed E-state index contributed by atoms with van der Waals surface area (Å²) in [5.74, 6) is -0.260. The van der Waals surface area contributed by atoms with Crippen LogP contribution in [0.3, 0.4) is 0 Å². The summed E-state index contributed by atoms with van der Waals surface area (Å²) in [6.45, 7) is 1.34. The largest absolute Gasteiger partial charge is 0.380 e. The van der Waals surface area contributed by atoms with Crippen molar-refractivity contribution in [2.75, 3.05) is 6.26 Å². The minimum absolute atomic E-state index is 0.0217. The van der Waals surface area contributed by atoms with Crippen molar-refractivity contribution in [3.05, 3.63) is 39.2 Å². The number of Topliss-reactive ketones (excluding diaryl/α,β-unsaturated/α-hetero) is 1. The normalized spacial score (nSPS) is 11.4. The third-order valence-electron chi connectivity index (χ3n) is 2.54. The van der Waals surface area contributed by atoms with Gasteiger partial charge in [-0.05, 0) is 24.6 Å². The van der Waals surface area contributed by atoms with Crippen LogP contribution in [0.1, 0.15) is 17.3 Å². The Kier molecular flexibility index (Phi) is 4.63. The molecule has 1 aromatic heterocycles. The maximum absolute atomic E-state index is 11.6. The van der Waals surface area contributed by atoms with Gasteiger partial charge in [0.05, 0.1) is 26.7 Å². The molecule has 0 aliphatic carbocycles. The molecule has 2 aromatic rings. The van der Waals surface area contributed by atoms with E-state index in [-0.39, 0.29) is 17.1 Å². The van der Waals surface area contributed by atoms with E-state index in [0.717, 1.165) is 6.26 Å². The summed E-state index contributed by atoms with van der Waals surface area (Å²) < 4.78 is 27.8. The van der Waals surface area contributed by atoms with Crippen LogP contribution >= 0.6 is 34.5 Å². The molecule has 0 aliphatic heterocycles. The van der Waals surface area contributed by atoms with E-state index in [1.54, 1.807) is 23.6 Å². The molecule has 0 atom stereocenters. The van der Waals surface area contributed by atoms with E-state index in [1.807, 2.05) is 0 Å². The van der Waals surface area contributed by atoms with Crippen molar-refractivity contribution in [2.45, 2.75) is 6.92 Å². The molecule has 0 saturated heterocycles. The summed E-state index contributed by atoms with van der Waals surface area (Å²) in [6, 6.07) is 4.87. The lowest BCUT2D eigenvalue weighted by Gasteiger charge is -2.07. The van der Waals surface area contributed by atoms with Crippen LogP contribution in [0.2, 0.25) is 10.0 Å². The quantitative estimate of drug-likeness (QED) is 0.600. The first kappa shape index (κ1) is 16.3. The summed E-state index contributed by atoms with van der Waals surface area (Å²) in [4.78, 5) is 12.1. The lowest BCUT2D eigenvalue weighted by Crippen LogP contribution is -2.08. The molecule has 1 aromatic carbocycles. The third-order valence-corrected chi connectivity index (χ3v) is 4.76. The van der Waals surface area contributed by atoms with Crippen molar-refractivity contribution >= 4 is 50.4 Å². The number of hydrogen-bond donors (Lipinski definition) is 0. The lowest BCUT2D eigenvalue weighted by atomic mass is 10.1. The van der Waals surface area contributed by atoms with Gasteiger partial charge in [-0.15, -0.1) is 11.3 Å². The Morgan fingerprint density at radius 2 is 1.90 bits per heavy atom. The zero-order chi connectivity index (χ0) is 15.8. The molecule has 0 saturated carbocycles. The Morgan fingerprint density at radius 3 is 2.43 bits per heavy atom. The number of thiophene rings is 1. The minimum atomic E-state index is -3.76. The van der Waals surface area contributed by atoms with Gasteiger partial charge in [-0.3, -0.25) is 4.79 Å². The maximum atomic E-state index is 11.6. The van der Waals surface area contributed by atoms with Gasteiger partial charge >= 0.3 is 10.1 Å². The highest BCUT2D eigenvalue weighted by molar-refractivity contribution is 7.86. The molecule has 112 valence electrons. The van der Waals surface area contributed by atoms with Gasteiger partial charge in [-0.2, -0.15) is 8.42 Å². The van der Waals surface area contributed by atoms with Crippen molar-refractivity contribution in [2.24, 2.45) is 0 Å². The molecule has 8 heteroatoms. The maximum Gasteiger partial charge on any atom is 0.306 e. The van der Waals surface area contributed by atoms with Crippen molar-refractivity contribution in [3.8, 4) is 16.2 Å². The number of carbonyl (C=O) groups is 1. The minimum Gasteiger partial charge on any atom is -0.380 e. The van der Waals surface area contributed by atoms with Gasteiger partial charge in [-0.25, -0.2) is 0 Å². The second-order valence-electron chi connectivity index (χ2n) is 4.28. The number of ketones is 1. The molecule has 0 aliphatic rings. The Hall–Kier alpha value is -1.08. The molecule has 1 heterocycles. The first-order valence-corrected chi connectivity index (χ1v) is 9.11. The fraction of sp³-hybridized carbons (Fsp3) is 0.154. The molecule has 21 heavy (non-hydrogen) atoms. The summed E-state index contributed by atoms with van der Waals surface area (Å²) in [5.41, 5.74) is 0.840. The number of carbonyl (C=O) groups excluding carboxylic acids is 1. The molecule has 0 unspecified atom stereocenters. The van der Waals surface area contributed by atoms with Gasteiger partial charge in [0, 0.05) is 5.38 Å². The second kappa shape index (κ2) is 5.96. The van der Waals surface area contributed by atoms with E-state index in [9.17, 15) is 13.2 Å². The lowest BCUT2D eigenvalue weighted by molar-refractivity contribution is 0.101. The van der Waals surface area contributed by atoms with Crippen LogP contribution in [0.4, 0.5) is 0 Å². The van der Waals surface area contributed by atoms with Crippen LogP contribution in [0.15, 0.2) is 23.6 Å². The first-order valence-electron chi connectivity index (χ1n) is 5.66. The topological polar surface area (TPSA) is 60.4 Å². The van der Waals surface area contributed by atoms with E-state index < -0.39 is 10.1 Å². The monoisotopic (exact) mass is 364 g/mol. The Labute approximate surface area is 136 Å². The number of halogens is 2. The van der Waals surface area contributed by atoms with E-state index in [1.165, 1.54) is 18.3 Å². The molecule has 2 rings (SSSR count). The zero-order valence-corrected chi connectivity index (χ0v) is 14.2. The van der Waals surface area contributed by atoms with Crippen molar-refractivity contribution in [1.29, 1.82) is 0 Å². The van der Waals surface area contributed by atoms with E-state index >= 15 is 0 Å². The first-order chi connectivity index (χ1) is 9.69. The van der Waals surface area contributed by atoms with Gasteiger partial charge in [-0.1, -0.05) is 29.3 Å². The highest BCUT2D eigenvalue weighted by Crippen LogP contribution is 2.41. The van der Waals surface area contributed by atoms with Gasteiger partial charge < -0.3 is 4.18 Å². The van der Waals surface area contributed by atoms with Crippen LogP contribution in [0.5, 0.6) is 5.75 Å². The van der Waals surface area contributed by atoms with Crippen LogP contribution in [-0.2, 0) is 10.1 Å². The Bertz CT molecular complexity index is 810. The van der Waals surface area contributed by atoms with Crippen LogP contribution in [-0.4, -0.2) is 20.5 Å². The summed E-state index contributed by atoms with van der Waals surface area (Å²) in [7, 11) is -3.76. The number of hydrogen-bond acceptors (Lipinski definition) is 5. The smallest absolute Gasteiger partial charge is 0.306 e. The molecular formula is C13H10Cl2O4S2. The number of benzene rings is 1. The predicted octanol–water partition coefficient (Wildman–Crippen LogP) is 4.26. The van der Waals surface area contributed by atoms with Crippen molar-refractivity contribution in [3.63, 3.8) is 0 Å². The van der Waals surface area contributed by atoms with Crippen molar-refractivity contribution < 1.29 is 17.4 Å². The molecule has 0 bridgehead atoms. The SMILES string of the molecule is CC(=O)c1csc(-c2ccc(Cl)c(Cl)c2)c1OS(C)(=O)=O. The van der Waals surface area contributed by atoms with E-state index in [0.29, 0.717) is 20.5 Å². The van der Waals surface area contributed by atoms with Gasteiger partial charge in [0.25, 0.3) is 0 Å². The fourth-order valence-electron chi connectivity index (χ4n) is 1.66. The van der Waals surface area contributed by atoms with Crippen LogP contribution < -0.4 is 4.18 Å². The molecule has 0 N–H and O–H groups in total. The zero-order valence-electron chi connectivity index (χ0n) is 11.0. The van der Waals surface area contributed by atoms with Gasteiger partial charge in [0.1, 0.15) is 0 Å². The Balaban J connectivity index is 2.63. The summed E-state index contributed by atoms with van der Waals surface area (Å²) >= 11 is 13.0. The van der Waals surface area contributed by atoms with Crippen LogP contribution in [0, 0.1) is 0 Å². The van der Waals surface area contributed by atoms with Gasteiger partial charge in [0.15, 0.2) is 11.5 Å². The molecular weight excluding hydrogens is 355 g/mol. The standard InChI is InChI=1S/C13H10Cl2O4S2/c1-7(16)9-6-20-13(12(9)19-21(2,17)18)8-3-4-10(14)11(15)5-8/h3-6H,1-2H3. The fourth-order valence-corrected chi connectivity index (χ4v) is 3.52. The molecule has 0 fully saturated rings. The third kappa shape index (κ3) is 3.77. The molecule has 0 radical (unpaired) electrons. The average molecular weight is 365 g/mol. The van der Waals surface area contributed by atoms with Gasteiger partial charge in [0.2, 0.25) is 0 Å². The summed E-state index contributed by atoms with van der Waals surface area (Å²) in [5, 5.41) is 2.27. The van der Waals surface area contributed by atoms with E-state index in [4.69, 9.17) is 27.4 Å². The second-order valence-corrected chi connectivity index (χ2v) is 7.55. The number of rotatable bonds is 4. The Morgan fingerprint density at radius 1 is 1.24 bits per heavy atom. The predicted molar refractivity (Wildman–Crippen MR) is 85.3 cm³/mol. The summed E-state index contributed by atoms with van der Waals surface area (Å²) in [6.07, 6.45) is 0.924. The average Bonchev–Trinajstić information content (AvgIpc) is 2.74. The molecule has 0 spiro atoms. The highest BCUT2D eigenvalue weighted by atomic mass is 35.5. The van der Waals surface area contributed by atoms with Crippen LogP contribution in [0.25, 0.3) is 10.4 Å². The van der Waals surface area contributed by atoms with E-state index in [2.05, 4.69) is 0 Å². The highest BCUT2D eigenvalue weighted by Gasteiger charge is 2.21. The van der Waals surface area contributed by atoms with Crippen molar-refractivity contribution in [1.82, 2.24) is 0 Å². The molecule has 4 nitrogen and oxygen atoms in total.